The Morgan fingerprint density at radius 1 is 1.10 bits per heavy atom. The van der Waals surface area contributed by atoms with Crippen LogP contribution in [-0.2, 0) is 19.1 Å². The van der Waals surface area contributed by atoms with Gasteiger partial charge in [0.05, 0.1) is 12.5 Å². The molecule has 1 aromatic carbocycles. The van der Waals surface area contributed by atoms with Crippen LogP contribution in [0.1, 0.15) is 64.4 Å². The summed E-state index contributed by atoms with van der Waals surface area (Å²) in [5.41, 5.74) is 3.74. The van der Waals surface area contributed by atoms with E-state index in [1.165, 1.54) is 16.7 Å². The van der Waals surface area contributed by atoms with E-state index in [-0.39, 0.29) is 36.7 Å². The molecule has 0 aliphatic heterocycles. The molecular formula is C25H33NO5. The van der Waals surface area contributed by atoms with Crippen LogP contribution in [0, 0.1) is 5.92 Å². The topological polar surface area (TPSA) is 92.7 Å². The maximum atomic E-state index is 12.3. The molecule has 0 heterocycles. The van der Waals surface area contributed by atoms with Gasteiger partial charge < -0.3 is 15.2 Å². The normalized spacial score (nSPS) is 15.3. The summed E-state index contributed by atoms with van der Waals surface area (Å²) in [4.78, 5) is 35.1. The Bertz CT molecular complexity index is 812. The smallest absolute Gasteiger partial charge is 0.308 e. The quantitative estimate of drug-likeness (QED) is 0.479. The van der Waals surface area contributed by atoms with Crippen LogP contribution in [0.5, 0.6) is 0 Å². The van der Waals surface area contributed by atoms with E-state index in [1.54, 1.807) is 6.92 Å². The zero-order valence-corrected chi connectivity index (χ0v) is 18.4. The fourth-order valence-corrected chi connectivity index (χ4v) is 3.76. The van der Waals surface area contributed by atoms with Crippen LogP contribution < -0.4 is 5.32 Å². The number of carbonyl (C=O) groups is 3. The minimum Gasteiger partial charge on any atom is -0.481 e. The highest BCUT2D eigenvalue weighted by Gasteiger charge is 2.23. The third-order valence-corrected chi connectivity index (χ3v) is 5.38. The SMILES string of the molecule is CCOC(=O)[C@H](C)C[C@@H](CC1=CC=C(c2ccccc2)CC1)NC(=O)CCCC(=O)O. The number of hydrogen-bond donors (Lipinski definition) is 2. The van der Waals surface area contributed by atoms with Gasteiger partial charge in [-0.3, -0.25) is 14.4 Å². The van der Waals surface area contributed by atoms with Crippen LogP contribution in [0.4, 0.5) is 0 Å². The van der Waals surface area contributed by atoms with Crippen LogP contribution in [0.25, 0.3) is 5.57 Å². The molecule has 6 heteroatoms. The van der Waals surface area contributed by atoms with Gasteiger partial charge in [0.15, 0.2) is 0 Å². The molecule has 31 heavy (non-hydrogen) atoms. The number of hydrogen-bond acceptors (Lipinski definition) is 4. The molecule has 2 atom stereocenters. The second-order valence-corrected chi connectivity index (χ2v) is 7.99. The minimum atomic E-state index is -0.909. The van der Waals surface area contributed by atoms with Gasteiger partial charge >= 0.3 is 11.9 Å². The number of carboxylic acid groups (broad SMARTS) is 1. The molecule has 0 unspecified atom stereocenters. The number of carbonyl (C=O) groups excluding carboxylic acids is 2. The van der Waals surface area contributed by atoms with E-state index >= 15 is 0 Å². The number of esters is 1. The van der Waals surface area contributed by atoms with Gasteiger partial charge in [-0.1, -0.05) is 55.0 Å². The molecule has 0 spiro atoms. The molecule has 1 aliphatic rings. The van der Waals surface area contributed by atoms with Crippen molar-refractivity contribution >= 4 is 23.4 Å². The van der Waals surface area contributed by atoms with Gasteiger partial charge in [0.2, 0.25) is 5.91 Å². The summed E-state index contributed by atoms with van der Waals surface area (Å²) >= 11 is 0. The van der Waals surface area contributed by atoms with Crippen LogP contribution in [0.3, 0.4) is 0 Å². The van der Waals surface area contributed by atoms with Crippen LogP contribution in [-0.4, -0.2) is 35.6 Å². The average Bonchev–Trinajstić information content (AvgIpc) is 2.74. The summed E-state index contributed by atoms with van der Waals surface area (Å²) < 4.78 is 5.11. The van der Waals surface area contributed by atoms with Crippen LogP contribution >= 0.6 is 0 Å². The van der Waals surface area contributed by atoms with E-state index in [1.807, 2.05) is 25.1 Å². The van der Waals surface area contributed by atoms with Crippen molar-refractivity contribution in [1.82, 2.24) is 5.32 Å². The number of amides is 1. The number of aliphatic carboxylic acids is 1. The maximum absolute atomic E-state index is 12.3. The van der Waals surface area contributed by atoms with Crippen molar-refractivity contribution in [3.63, 3.8) is 0 Å². The van der Waals surface area contributed by atoms with Crippen molar-refractivity contribution in [1.29, 1.82) is 0 Å². The number of rotatable bonds is 12. The number of nitrogens with one attached hydrogen (secondary N) is 1. The van der Waals surface area contributed by atoms with Crippen molar-refractivity contribution in [2.24, 2.45) is 5.92 Å². The molecule has 0 saturated carbocycles. The Labute approximate surface area is 184 Å². The third kappa shape index (κ3) is 8.79. The van der Waals surface area contributed by atoms with E-state index in [0.717, 1.165) is 12.8 Å². The lowest BCUT2D eigenvalue weighted by Crippen LogP contribution is -2.37. The van der Waals surface area contributed by atoms with E-state index in [2.05, 4.69) is 29.6 Å². The Hall–Kier alpha value is -2.89. The molecule has 0 fully saturated rings. The fraction of sp³-hybridized carbons (Fsp3) is 0.480. The first-order chi connectivity index (χ1) is 14.9. The first-order valence-electron chi connectivity index (χ1n) is 11.0. The second kappa shape index (κ2) is 12.7. The summed E-state index contributed by atoms with van der Waals surface area (Å²) in [5.74, 6) is -1.69. The lowest BCUT2D eigenvalue weighted by atomic mass is 9.88. The highest BCUT2D eigenvalue weighted by atomic mass is 16.5. The van der Waals surface area contributed by atoms with Gasteiger partial charge in [-0.2, -0.15) is 0 Å². The zero-order valence-electron chi connectivity index (χ0n) is 18.4. The van der Waals surface area contributed by atoms with E-state index in [4.69, 9.17) is 9.84 Å². The molecular weight excluding hydrogens is 394 g/mol. The molecule has 6 nitrogen and oxygen atoms in total. The molecule has 0 aromatic heterocycles. The molecule has 2 N–H and O–H groups in total. The number of benzene rings is 1. The molecule has 1 amide bonds. The first kappa shape index (κ1) is 24.4. The standard InChI is InChI=1S/C25H33NO5/c1-3-31-25(30)18(2)16-22(26-23(27)10-7-11-24(28)29)17-19-12-14-21(15-13-19)20-8-5-4-6-9-20/h4-6,8-9,12,14,18,22H,3,7,10-11,13,15-17H2,1-2H3,(H,26,27)(H,28,29)/t18-,22+/m1/s1. The molecule has 1 aliphatic carbocycles. The summed E-state index contributed by atoms with van der Waals surface area (Å²) in [7, 11) is 0. The minimum absolute atomic E-state index is 0.0322. The van der Waals surface area contributed by atoms with Crippen molar-refractivity contribution in [3.05, 3.63) is 53.6 Å². The third-order valence-electron chi connectivity index (χ3n) is 5.38. The van der Waals surface area contributed by atoms with Gasteiger partial charge in [-0.05, 0) is 50.2 Å². The van der Waals surface area contributed by atoms with Gasteiger partial charge in [-0.25, -0.2) is 0 Å². The molecule has 168 valence electrons. The lowest BCUT2D eigenvalue weighted by Gasteiger charge is -2.24. The lowest BCUT2D eigenvalue weighted by molar-refractivity contribution is -0.148. The molecule has 2 rings (SSSR count). The summed E-state index contributed by atoms with van der Waals surface area (Å²) in [5, 5.41) is 11.8. The first-order valence-corrected chi connectivity index (χ1v) is 11.0. The summed E-state index contributed by atoms with van der Waals surface area (Å²) in [6.07, 6.45) is 7.65. The Morgan fingerprint density at radius 3 is 2.45 bits per heavy atom. The van der Waals surface area contributed by atoms with E-state index in [0.29, 0.717) is 25.9 Å². The largest absolute Gasteiger partial charge is 0.481 e. The van der Waals surface area contributed by atoms with Crippen molar-refractivity contribution in [3.8, 4) is 0 Å². The second-order valence-electron chi connectivity index (χ2n) is 7.99. The van der Waals surface area contributed by atoms with Crippen LogP contribution in [0.15, 0.2) is 48.1 Å². The highest BCUT2D eigenvalue weighted by molar-refractivity contribution is 5.77. The maximum Gasteiger partial charge on any atom is 0.308 e. The van der Waals surface area contributed by atoms with Crippen molar-refractivity contribution in [2.75, 3.05) is 6.61 Å². The number of allylic oxidation sites excluding steroid dienone is 3. The van der Waals surface area contributed by atoms with E-state index < -0.39 is 5.97 Å². The Kier molecular flexibility index (Phi) is 10.0. The monoisotopic (exact) mass is 427 g/mol. The van der Waals surface area contributed by atoms with Gasteiger partial charge in [0.25, 0.3) is 0 Å². The van der Waals surface area contributed by atoms with Gasteiger partial charge in [0, 0.05) is 18.9 Å². The Morgan fingerprint density at radius 2 is 1.84 bits per heavy atom. The molecule has 1 aromatic rings. The zero-order chi connectivity index (χ0) is 22.6. The summed E-state index contributed by atoms with van der Waals surface area (Å²) in [6.45, 7) is 3.91. The number of carboxylic acids is 1. The van der Waals surface area contributed by atoms with Crippen LogP contribution in [0.2, 0.25) is 0 Å². The summed E-state index contributed by atoms with van der Waals surface area (Å²) in [6, 6.07) is 10.1. The van der Waals surface area contributed by atoms with Gasteiger partial charge in [-0.15, -0.1) is 0 Å². The molecule has 0 bridgehead atoms. The molecule has 0 saturated heterocycles. The Balaban J connectivity index is 2.02. The fourth-order valence-electron chi connectivity index (χ4n) is 3.76. The number of ether oxygens (including phenoxy) is 1. The van der Waals surface area contributed by atoms with Gasteiger partial charge in [0.1, 0.15) is 0 Å². The van der Waals surface area contributed by atoms with Crippen molar-refractivity contribution in [2.45, 2.75) is 64.8 Å². The predicted molar refractivity (Wildman–Crippen MR) is 120 cm³/mol. The average molecular weight is 428 g/mol. The van der Waals surface area contributed by atoms with Crippen molar-refractivity contribution < 1.29 is 24.2 Å². The highest BCUT2D eigenvalue weighted by Crippen LogP contribution is 2.29. The molecule has 0 radical (unpaired) electrons. The predicted octanol–water partition coefficient (Wildman–Crippen LogP) is 4.51. The van der Waals surface area contributed by atoms with E-state index in [9.17, 15) is 14.4 Å².